The van der Waals surface area contributed by atoms with E-state index in [1.54, 1.807) is 0 Å². The number of halogens is 3. The monoisotopic (exact) mass is 342 g/mol. The highest BCUT2D eigenvalue weighted by atomic mass is 19.4. The molecule has 0 radical (unpaired) electrons. The molecular weight excluding hydrogens is 325 g/mol. The van der Waals surface area contributed by atoms with Gasteiger partial charge in [0.05, 0.1) is 11.5 Å². The molecule has 1 heterocycles. The highest BCUT2D eigenvalue weighted by molar-refractivity contribution is 6.01. The molecule has 130 valence electrons. The number of aryl methyl sites for hydroxylation is 1. The number of hydrogen-bond acceptors (Lipinski definition) is 4. The Hall–Kier alpha value is -2.09. The number of amides is 1. The Bertz CT molecular complexity index is 717. The van der Waals surface area contributed by atoms with Crippen LogP contribution in [0.2, 0.25) is 0 Å². The van der Waals surface area contributed by atoms with Crippen molar-refractivity contribution in [2.75, 3.05) is 0 Å². The van der Waals surface area contributed by atoms with Crippen molar-refractivity contribution in [2.45, 2.75) is 44.5 Å². The number of fused-ring (bicyclic) bond motifs is 1. The number of aromatic hydroxyl groups is 1. The van der Waals surface area contributed by atoms with Crippen molar-refractivity contribution in [2.24, 2.45) is 11.0 Å². The summed E-state index contributed by atoms with van der Waals surface area (Å²) in [6, 6.07) is 4.19. The minimum absolute atomic E-state index is 0.104. The Morgan fingerprint density at radius 2 is 2.08 bits per heavy atom. The molecule has 5 nitrogen and oxygen atoms in total. The Morgan fingerprint density at radius 1 is 1.38 bits per heavy atom. The molecule has 0 saturated heterocycles. The first kappa shape index (κ1) is 16.8. The zero-order valence-electron chi connectivity index (χ0n) is 13.0. The highest BCUT2D eigenvalue weighted by Crippen LogP contribution is 2.48. The van der Waals surface area contributed by atoms with Gasteiger partial charge in [0.15, 0.2) is 0 Å². The van der Waals surface area contributed by atoms with Crippen LogP contribution in [0.3, 0.4) is 0 Å². The molecule has 1 aliphatic carbocycles. The van der Waals surface area contributed by atoms with E-state index in [4.69, 9.17) is 0 Å². The van der Waals surface area contributed by atoms with Crippen LogP contribution in [0.15, 0.2) is 23.3 Å². The fourth-order valence-electron chi connectivity index (χ4n) is 3.36. The standard InChI is InChI=1S/C16H17F3N2O3/c1-9-5-4-6-10(13(9)22)14(23)21-15(24,16(17,18)19)11-7-2-3-8-12(11)20-21/h4-6,11,22,24H,2-3,7-8H2,1H3/t11-,15-/m0/s1. The molecule has 1 saturated carbocycles. The summed E-state index contributed by atoms with van der Waals surface area (Å²) in [5.41, 5.74) is -3.17. The van der Waals surface area contributed by atoms with Gasteiger partial charge in [-0.2, -0.15) is 23.3 Å². The van der Waals surface area contributed by atoms with Crippen LogP contribution < -0.4 is 0 Å². The van der Waals surface area contributed by atoms with Crippen molar-refractivity contribution in [3.05, 3.63) is 29.3 Å². The summed E-state index contributed by atoms with van der Waals surface area (Å²) < 4.78 is 40.9. The molecule has 1 aliphatic heterocycles. The fraction of sp³-hybridized carbons (Fsp3) is 0.500. The molecule has 0 aromatic heterocycles. The Kier molecular flexibility index (Phi) is 3.82. The van der Waals surface area contributed by atoms with Gasteiger partial charge in [0, 0.05) is 5.71 Å². The van der Waals surface area contributed by atoms with Crippen molar-refractivity contribution in [1.29, 1.82) is 0 Å². The molecule has 24 heavy (non-hydrogen) atoms. The van der Waals surface area contributed by atoms with Crippen LogP contribution >= 0.6 is 0 Å². The summed E-state index contributed by atoms with van der Waals surface area (Å²) in [6.45, 7) is 1.53. The number of nitrogens with zero attached hydrogens (tertiary/aromatic N) is 2. The van der Waals surface area contributed by atoms with Gasteiger partial charge in [-0.15, -0.1) is 0 Å². The van der Waals surface area contributed by atoms with Crippen LogP contribution in [0.25, 0.3) is 0 Å². The van der Waals surface area contributed by atoms with E-state index in [1.807, 2.05) is 0 Å². The van der Waals surface area contributed by atoms with Crippen molar-refractivity contribution < 1.29 is 28.2 Å². The van der Waals surface area contributed by atoms with Gasteiger partial charge in [0.2, 0.25) is 0 Å². The number of phenols is 1. The van der Waals surface area contributed by atoms with Crippen LogP contribution in [-0.4, -0.2) is 38.7 Å². The number of rotatable bonds is 1. The minimum atomic E-state index is -5.06. The van der Waals surface area contributed by atoms with E-state index in [0.717, 1.165) is 0 Å². The summed E-state index contributed by atoms with van der Waals surface area (Å²) in [5.74, 6) is -2.85. The third-order valence-electron chi connectivity index (χ3n) is 4.69. The van der Waals surface area contributed by atoms with Gasteiger partial charge in [-0.25, -0.2) is 0 Å². The second kappa shape index (κ2) is 5.47. The maximum atomic E-state index is 13.6. The van der Waals surface area contributed by atoms with Crippen molar-refractivity contribution in [1.82, 2.24) is 5.01 Å². The fourth-order valence-corrected chi connectivity index (χ4v) is 3.36. The molecule has 1 aromatic rings. The number of hydrogen-bond donors (Lipinski definition) is 2. The number of carbonyl (C=O) groups excluding carboxylic acids is 1. The predicted molar refractivity (Wildman–Crippen MR) is 79.4 cm³/mol. The van der Waals surface area contributed by atoms with Gasteiger partial charge < -0.3 is 10.2 Å². The van der Waals surface area contributed by atoms with Gasteiger partial charge in [-0.1, -0.05) is 18.6 Å². The quantitative estimate of drug-likeness (QED) is 0.824. The van der Waals surface area contributed by atoms with Gasteiger partial charge in [0.25, 0.3) is 11.6 Å². The Labute approximate surface area is 136 Å². The van der Waals surface area contributed by atoms with E-state index in [0.29, 0.717) is 24.8 Å². The van der Waals surface area contributed by atoms with E-state index >= 15 is 0 Å². The number of aliphatic hydroxyl groups is 1. The van der Waals surface area contributed by atoms with E-state index < -0.39 is 29.5 Å². The van der Waals surface area contributed by atoms with Crippen LogP contribution in [0.5, 0.6) is 5.75 Å². The second-order valence-corrected chi connectivity index (χ2v) is 6.20. The average molecular weight is 342 g/mol. The van der Waals surface area contributed by atoms with E-state index in [2.05, 4.69) is 5.10 Å². The predicted octanol–water partition coefficient (Wildman–Crippen LogP) is 2.95. The first-order valence-corrected chi connectivity index (χ1v) is 7.67. The number of hydrazone groups is 1. The molecule has 2 N–H and O–H groups in total. The molecule has 1 aromatic carbocycles. The average Bonchev–Trinajstić information content (AvgIpc) is 2.84. The number of phenolic OH excluding ortho intramolecular Hbond substituents is 1. The van der Waals surface area contributed by atoms with Gasteiger partial charge >= 0.3 is 6.18 Å². The zero-order chi connectivity index (χ0) is 17.7. The maximum Gasteiger partial charge on any atom is 0.439 e. The van der Waals surface area contributed by atoms with Crippen molar-refractivity contribution in [3.8, 4) is 5.75 Å². The Balaban J connectivity index is 2.09. The summed E-state index contributed by atoms with van der Waals surface area (Å²) >= 11 is 0. The molecule has 0 spiro atoms. The number of benzene rings is 1. The SMILES string of the molecule is Cc1cccc(C(=O)N2N=C3CCCC[C@@H]3[C@]2(O)C(F)(F)F)c1O. The molecule has 2 aliphatic rings. The maximum absolute atomic E-state index is 13.6. The van der Waals surface area contributed by atoms with E-state index in [-0.39, 0.29) is 22.7 Å². The first-order valence-electron chi connectivity index (χ1n) is 7.67. The second-order valence-electron chi connectivity index (χ2n) is 6.20. The van der Waals surface area contributed by atoms with Crippen LogP contribution in [0.1, 0.15) is 41.6 Å². The molecule has 1 amide bonds. The summed E-state index contributed by atoms with van der Waals surface area (Å²) in [4.78, 5) is 12.6. The van der Waals surface area contributed by atoms with E-state index in [1.165, 1.54) is 25.1 Å². The molecule has 0 unspecified atom stereocenters. The molecule has 8 heteroatoms. The minimum Gasteiger partial charge on any atom is -0.507 e. The topological polar surface area (TPSA) is 73.1 Å². The third kappa shape index (κ3) is 2.28. The molecule has 0 bridgehead atoms. The lowest BCUT2D eigenvalue weighted by atomic mass is 9.80. The normalized spacial score (nSPS) is 27.0. The largest absolute Gasteiger partial charge is 0.507 e. The zero-order valence-corrected chi connectivity index (χ0v) is 13.0. The summed E-state index contributed by atoms with van der Waals surface area (Å²) in [7, 11) is 0. The third-order valence-corrected chi connectivity index (χ3v) is 4.69. The van der Waals surface area contributed by atoms with Crippen LogP contribution in [-0.2, 0) is 0 Å². The molecule has 3 rings (SSSR count). The van der Waals surface area contributed by atoms with Gasteiger partial charge in [0.1, 0.15) is 5.75 Å². The van der Waals surface area contributed by atoms with Crippen molar-refractivity contribution >= 4 is 11.6 Å². The Morgan fingerprint density at radius 3 is 2.75 bits per heavy atom. The highest BCUT2D eigenvalue weighted by Gasteiger charge is 2.68. The van der Waals surface area contributed by atoms with Gasteiger partial charge in [-0.3, -0.25) is 4.79 Å². The number of carbonyl (C=O) groups is 1. The van der Waals surface area contributed by atoms with Crippen molar-refractivity contribution in [3.63, 3.8) is 0 Å². The number of alkyl halides is 3. The summed E-state index contributed by atoms with van der Waals surface area (Å²) in [6.07, 6.45) is -3.44. The van der Waals surface area contributed by atoms with Gasteiger partial charge in [-0.05, 0) is 37.8 Å². The lowest BCUT2D eigenvalue weighted by molar-refractivity contribution is -0.312. The smallest absolute Gasteiger partial charge is 0.439 e. The molecule has 2 atom stereocenters. The lowest BCUT2D eigenvalue weighted by Crippen LogP contribution is -2.61. The van der Waals surface area contributed by atoms with Crippen LogP contribution in [0.4, 0.5) is 13.2 Å². The van der Waals surface area contributed by atoms with Crippen LogP contribution in [0, 0.1) is 12.8 Å². The number of para-hydroxylation sites is 1. The molecule has 1 fully saturated rings. The summed E-state index contributed by atoms with van der Waals surface area (Å²) in [5, 5.41) is 24.4. The van der Waals surface area contributed by atoms with E-state index in [9.17, 15) is 28.2 Å². The first-order chi connectivity index (χ1) is 11.2. The lowest BCUT2D eigenvalue weighted by Gasteiger charge is -2.38. The molecular formula is C16H17F3N2O3.